The molecule has 1 aliphatic rings. The number of aromatic nitrogens is 1. The monoisotopic (exact) mass is 385 g/mol. The Hall–Kier alpha value is -3.55. The Balaban J connectivity index is 2.28. The fourth-order valence-electron chi connectivity index (χ4n) is 3.72. The number of carbonyl (C=O) groups is 3. The molecule has 3 rings (SSSR count). The van der Waals surface area contributed by atoms with Gasteiger partial charge in [0.2, 0.25) is 0 Å². The Kier molecular flexibility index (Phi) is 4.72. The maximum Gasteiger partial charge on any atom is 0.342 e. The summed E-state index contributed by atoms with van der Waals surface area (Å²) < 4.78 is 4.85. The summed E-state index contributed by atoms with van der Waals surface area (Å²) >= 11 is 0. The number of ether oxygens (including phenoxy) is 1. The molecule has 8 heteroatoms. The molecule has 0 aliphatic heterocycles. The molecule has 0 spiro atoms. The van der Waals surface area contributed by atoms with Crippen LogP contribution in [0.4, 0.5) is 0 Å². The topological polar surface area (TPSA) is 137 Å². The lowest BCUT2D eigenvalue weighted by Gasteiger charge is -2.37. The van der Waals surface area contributed by atoms with E-state index in [2.05, 4.69) is 4.98 Å². The highest BCUT2D eigenvalue weighted by Crippen LogP contribution is 2.45. The van der Waals surface area contributed by atoms with Crippen molar-refractivity contribution in [1.29, 1.82) is 0 Å². The highest BCUT2D eigenvalue weighted by atomic mass is 16.5. The molecule has 1 aromatic carbocycles. The van der Waals surface area contributed by atoms with Crippen LogP contribution >= 0.6 is 0 Å². The molecule has 0 amide bonds. The Morgan fingerprint density at radius 1 is 1.21 bits per heavy atom. The zero-order valence-electron chi connectivity index (χ0n) is 15.2. The number of esters is 1. The average Bonchev–Trinajstić information content (AvgIpc) is 3.10. The number of aliphatic hydroxyl groups excluding tert-OH is 1. The van der Waals surface area contributed by atoms with Crippen molar-refractivity contribution in [2.45, 2.75) is 19.3 Å². The van der Waals surface area contributed by atoms with Crippen LogP contribution in [-0.2, 0) is 24.5 Å². The largest absolute Gasteiger partial charge is 0.507 e. The third-order valence-electron chi connectivity index (χ3n) is 5.10. The molecule has 1 aliphatic carbocycles. The lowest BCUT2D eigenvalue weighted by molar-refractivity contribution is -0.145. The van der Waals surface area contributed by atoms with Crippen molar-refractivity contribution in [3.8, 4) is 0 Å². The first-order valence-corrected chi connectivity index (χ1v) is 8.61. The fourth-order valence-corrected chi connectivity index (χ4v) is 3.72. The van der Waals surface area contributed by atoms with E-state index in [1.807, 2.05) is 0 Å². The highest BCUT2D eigenvalue weighted by Gasteiger charge is 2.52. The minimum absolute atomic E-state index is 0.0227. The number of aliphatic carboxylic acids is 2. The first-order chi connectivity index (χ1) is 13.2. The first kappa shape index (κ1) is 19.2. The van der Waals surface area contributed by atoms with Crippen molar-refractivity contribution in [2.75, 3.05) is 6.61 Å². The lowest BCUT2D eigenvalue weighted by atomic mass is 9.64. The van der Waals surface area contributed by atoms with Gasteiger partial charge in [0.05, 0.1) is 12.2 Å². The molecule has 2 aromatic rings. The number of aliphatic hydroxyl groups is 1. The third kappa shape index (κ3) is 2.74. The summed E-state index contributed by atoms with van der Waals surface area (Å²) in [6.45, 7) is 2.92. The molecule has 4 N–H and O–H groups in total. The number of fused-ring (bicyclic) bond motifs is 1. The predicted octanol–water partition coefficient (Wildman–Crippen LogP) is 2.53. The summed E-state index contributed by atoms with van der Waals surface area (Å²) in [4.78, 5) is 39.6. The van der Waals surface area contributed by atoms with Gasteiger partial charge in [-0.05, 0) is 42.1 Å². The summed E-state index contributed by atoms with van der Waals surface area (Å²) in [6.07, 6.45) is 2.72. The lowest BCUT2D eigenvalue weighted by Crippen LogP contribution is -2.45. The molecular weight excluding hydrogens is 366 g/mol. The molecule has 1 heterocycles. The number of carboxylic acids is 2. The quantitative estimate of drug-likeness (QED) is 0.580. The average molecular weight is 385 g/mol. The van der Waals surface area contributed by atoms with E-state index in [1.54, 1.807) is 37.4 Å². The SMILES string of the molecule is CCOC(=O)C1=C(C(=O)O)C(C)C(C(=O)O)(c2ccc3[nH]ccc3c2)C=C1O. The summed E-state index contributed by atoms with van der Waals surface area (Å²) in [5.74, 6) is -5.74. The van der Waals surface area contributed by atoms with Crippen LogP contribution in [0.3, 0.4) is 0 Å². The van der Waals surface area contributed by atoms with Crippen molar-refractivity contribution < 1.29 is 34.4 Å². The molecule has 8 nitrogen and oxygen atoms in total. The molecule has 0 saturated heterocycles. The van der Waals surface area contributed by atoms with Gasteiger partial charge in [0.1, 0.15) is 16.7 Å². The van der Waals surface area contributed by atoms with E-state index >= 15 is 0 Å². The number of carbonyl (C=O) groups excluding carboxylic acids is 1. The maximum atomic E-state index is 12.4. The number of carboxylic acid groups (broad SMARTS) is 2. The minimum atomic E-state index is -1.88. The standard InChI is InChI=1S/C20H19NO7/c1-3-28-18(25)16-14(22)9-20(19(26)27,10(2)15(16)17(23)24)12-4-5-13-11(8-12)6-7-21-13/h4-10,21-22H,3H2,1-2H3,(H,23,24)(H,26,27). The van der Waals surface area contributed by atoms with Gasteiger partial charge in [-0.1, -0.05) is 13.0 Å². The van der Waals surface area contributed by atoms with Crippen LogP contribution in [0.2, 0.25) is 0 Å². The van der Waals surface area contributed by atoms with Crippen LogP contribution in [-0.4, -0.2) is 44.8 Å². The molecule has 0 radical (unpaired) electrons. The Morgan fingerprint density at radius 2 is 1.93 bits per heavy atom. The second-order valence-corrected chi connectivity index (χ2v) is 6.52. The van der Waals surface area contributed by atoms with Crippen LogP contribution in [0, 0.1) is 5.92 Å². The molecule has 28 heavy (non-hydrogen) atoms. The van der Waals surface area contributed by atoms with Crippen LogP contribution in [0.15, 0.2) is 53.4 Å². The molecule has 2 atom stereocenters. The summed E-state index contributed by atoms with van der Waals surface area (Å²) in [6, 6.07) is 6.61. The predicted molar refractivity (Wildman–Crippen MR) is 98.8 cm³/mol. The zero-order valence-corrected chi connectivity index (χ0v) is 15.2. The number of hydrogen-bond acceptors (Lipinski definition) is 5. The molecule has 146 valence electrons. The number of hydrogen-bond donors (Lipinski definition) is 4. The smallest absolute Gasteiger partial charge is 0.342 e. The number of aromatic amines is 1. The van der Waals surface area contributed by atoms with Crippen LogP contribution in [0.5, 0.6) is 0 Å². The van der Waals surface area contributed by atoms with Gasteiger partial charge in [-0.2, -0.15) is 0 Å². The van der Waals surface area contributed by atoms with Crippen LogP contribution in [0.25, 0.3) is 10.9 Å². The molecule has 0 saturated carbocycles. The molecule has 0 bridgehead atoms. The Labute approximate surface area is 159 Å². The van der Waals surface area contributed by atoms with Gasteiger partial charge >= 0.3 is 17.9 Å². The Bertz CT molecular complexity index is 1050. The number of benzene rings is 1. The van der Waals surface area contributed by atoms with Crippen molar-refractivity contribution in [1.82, 2.24) is 4.98 Å². The van der Waals surface area contributed by atoms with Gasteiger partial charge in [0.15, 0.2) is 0 Å². The van der Waals surface area contributed by atoms with Gasteiger partial charge < -0.3 is 25.0 Å². The number of H-pyrrole nitrogens is 1. The summed E-state index contributed by atoms with van der Waals surface area (Å²) in [5.41, 5.74) is -1.84. The second-order valence-electron chi connectivity index (χ2n) is 6.52. The fraction of sp³-hybridized carbons (Fsp3) is 0.250. The van der Waals surface area contributed by atoms with E-state index in [-0.39, 0.29) is 12.2 Å². The molecular formula is C20H19NO7. The van der Waals surface area contributed by atoms with Crippen LogP contribution < -0.4 is 0 Å². The van der Waals surface area contributed by atoms with E-state index in [4.69, 9.17) is 4.74 Å². The minimum Gasteiger partial charge on any atom is -0.507 e. The van der Waals surface area contributed by atoms with Gasteiger partial charge in [0.25, 0.3) is 0 Å². The van der Waals surface area contributed by atoms with Gasteiger partial charge in [-0.25, -0.2) is 9.59 Å². The number of rotatable bonds is 5. The summed E-state index contributed by atoms with van der Waals surface area (Å²) in [5, 5.41) is 31.0. The Morgan fingerprint density at radius 3 is 2.54 bits per heavy atom. The summed E-state index contributed by atoms with van der Waals surface area (Å²) in [7, 11) is 0. The first-order valence-electron chi connectivity index (χ1n) is 8.61. The molecule has 1 aromatic heterocycles. The van der Waals surface area contributed by atoms with Crippen molar-refractivity contribution in [3.63, 3.8) is 0 Å². The van der Waals surface area contributed by atoms with Crippen molar-refractivity contribution in [3.05, 3.63) is 59.0 Å². The maximum absolute atomic E-state index is 12.4. The molecule has 2 unspecified atom stereocenters. The van der Waals surface area contributed by atoms with E-state index in [0.29, 0.717) is 0 Å². The van der Waals surface area contributed by atoms with Gasteiger partial charge in [0, 0.05) is 17.6 Å². The van der Waals surface area contributed by atoms with Crippen molar-refractivity contribution in [2.24, 2.45) is 5.92 Å². The normalized spacial score (nSPS) is 22.1. The van der Waals surface area contributed by atoms with Crippen molar-refractivity contribution >= 4 is 28.8 Å². The molecule has 0 fully saturated rings. The van der Waals surface area contributed by atoms with E-state index in [0.717, 1.165) is 17.0 Å². The zero-order chi connectivity index (χ0) is 20.6. The van der Waals surface area contributed by atoms with E-state index < -0.39 is 46.1 Å². The van der Waals surface area contributed by atoms with E-state index in [1.165, 1.54) is 6.92 Å². The van der Waals surface area contributed by atoms with Gasteiger partial charge in [-0.15, -0.1) is 0 Å². The van der Waals surface area contributed by atoms with Crippen LogP contribution in [0.1, 0.15) is 19.4 Å². The highest BCUT2D eigenvalue weighted by molar-refractivity contribution is 6.05. The third-order valence-corrected chi connectivity index (χ3v) is 5.10. The number of nitrogens with one attached hydrogen (secondary N) is 1. The second kappa shape index (κ2) is 6.88. The van der Waals surface area contributed by atoms with Gasteiger partial charge in [-0.3, -0.25) is 4.79 Å². The van der Waals surface area contributed by atoms with E-state index in [9.17, 15) is 29.7 Å².